The van der Waals surface area contributed by atoms with Gasteiger partial charge in [-0.15, -0.1) is 11.3 Å². The minimum absolute atomic E-state index is 0.0202. The molecule has 2 unspecified atom stereocenters. The SMILES string of the molecule is CN(C(=O)CN1CCCC(CNC(=O)C2CCCN2)C1)c1nccs1. The van der Waals surface area contributed by atoms with Crippen LogP contribution in [0.15, 0.2) is 11.6 Å². The summed E-state index contributed by atoms with van der Waals surface area (Å²) in [5.74, 6) is 0.598. The van der Waals surface area contributed by atoms with Crippen LogP contribution in [-0.4, -0.2) is 67.5 Å². The number of nitrogens with one attached hydrogen (secondary N) is 2. The summed E-state index contributed by atoms with van der Waals surface area (Å²) >= 11 is 1.47. The van der Waals surface area contributed by atoms with Gasteiger partial charge < -0.3 is 10.6 Å². The number of carbonyl (C=O) groups excluding carboxylic acids is 2. The first-order valence-corrected chi connectivity index (χ1v) is 9.91. The summed E-state index contributed by atoms with van der Waals surface area (Å²) in [6.45, 7) is 3.83. The Bertz CT molecular complexity index is 574. The molecule has 138 valence electrons. The molecular weight excluding hydrogens is 338 g/mol. The van der Waals surface area contributed by atoms with Gasteiger partial charge in [-0.05, 0) is 44.7 Å². The Balaban J connectivity index is 1.43. The molecule has 0 bridgehead atoms. The van der Waals surface area contributed by atoms with Gasteiger partial charge in [0.15, 0.2) is 5.13 Å². The van der Waals surface area contributed by atoms with Crippen LogP contribution in [0.5, 0.6) is 0 Å². The Labute approximate surface area is 152 Å². The zero-order chi connectivity index (χ0) is 17.6. The average Bonchev–Trinajstić information content (AvgIpc) is 3.32. The van der Waals surface area contributed by atoms with Gasteiger partial charge in [0.05, 0.1) is 12.6 Å². The van der Waals surface area contributed by atoms with E-state index in [1.54, 1.807) is 18.1 Å². The van der Waals surface area contributed by atoms with Gasteiger partial charge >= 0.3 is 0 Å². The van der Waals surface area contributed by atoms with E-state index in [1.165, 1.54) is 11.3 Å². The van der Waals surface area contributed by atoms with Gasteiger partial charge in [0.25, 0.3) is 0 Å². The number of carbonyl (C=O) groups is 2. The van der Waals surface area contributed by atoms with Crippen molar-refractivity contribution >= 4 is 28.3 Å². The molecule has 1 aromatic rings. The average molecular weight is 366 g/mol. The molecular formula is C17H27N5O2S. The second kappa shape index (κ2) is 8.73. The molecule has 3 heterocycles. The maximum absolute atomic E-state index is 12.4. The second-order valence-electron chi connectivity index (χ2n) is 6.90. The number of thiazole rings is 1. The van der Waals surface area contributed by atoms with Crippen molar-refractivity contribution in [1.82, 2.24) is 20.5 Å². The van der Waals surface area contributed by atoms with Gasteiger partial charge in [-0.1, -0.05) is 0 Å². The van der Waals surface area contributed by atoms with E-state index >= 15 is 0 Å². The smallest absolute Gasteiger partial charge is 0.242 e. The molecule has 2 aliphatic heterocycles. The lowest BCUT2D eigenvalue weighted by atomic mass is 9.98. The van der Waals surface area contributed by atoms with Gasteiger partial charge in [-0.2, -0.15) is 0 Å². The van der Waals surface area contributed by atoms with Crippen LogP contribution in [0.4, 0.5) is 5.13 Å². The Hall–Kier alpha value is -1.51. The lowest BCUT2D eigenvalue weighted by Gasteiger charge is -2.33. The molecule has 2 aliphatic rings. The number of aromatic nitrogens is 1. The zero-order valence-electron chi connectivity index (χ0n) is 14.7. The summed E-state index contributed by atoms with van der Waals surface area (Å²) in [5.41, 5.74) is 0. The molecule has 0 aromatic carbocycles. The zero-order valence-corrected chi connectivity index (χ0v) is 15.6. The van der Waals surface area contributed by atoms with Crippen molar-refractivity contribution in [3.63, 3.8) is 0 Å². The van der Waals surface area contributed by atoms with Crippen molar-refractivity contribution in [3.05, 3.63) is 11.6 Å². The molecule has 2 saturated heterocycles. The number of nitrogens with zero attached hydrogens (tertiary/aromatic N) is 3. The lowest BCUT2D eigenvalue weighted by molar-refractivity contribution is -0.123. The third-order valence-electron chi connectivity index (χ3n) is 4.98. The van der Waals surface area contributed by atoms with E-state index in [0.717, 1.165) is 50.4 Å². The quantitative estimate of drug-likeness (QED) is 0.775. The first-order valence-electron chi connectivity index (χ1n) is 9.03. The van der Waals surface area contributed by atoms with E-state index in [0.29, 0.717) is 19.0 Å². The molecule has 0 spiro atoms. The predicted octanol–water partition coefficient (Wildman–Crippen LogP) is 0.686. The van der Waals surface area contributed by atoms with E-state index in [9.17, 15) is 9.59 Å². The number of amides is 2. The molecule has 2 fully saturated rings. The Morgan fingerprint density at radius 2 is 2.32 bits per heavy atom. The summed E-state index contributed by atoms with van der Waals surface area (Å²) in [4.78, 5) is 32.5. The topological polar surface area (TPSA) is 77.6 Å². The molecule has 0 radical (unpaired) electrons. The van der Waals surface area contributed by atoms with Crippen molar-refractivity contribution in [2.45, 2.75) is 31.7 Å². The third-order valence-corrected chi connectivity index (χ3v) is 5.83. The molecule has 0 saturated carbocycles. The fourth-order valence-corrected chi connectivity index (χ4v) is 4.15. The van der Waals surface area contributed by atoms with E-state index in [-0.39, 0.29) is 17.9 Å². The first-order chi connectivity index (χ1) is 12.1. The van der Waals surface area contributed by atoms with E-state index in [4.69, 9.17) is 0 Å². The van der Waals surface area contributed by atoms with Crippen LogP contribution in [0.1, 0.15) is 25.7 Å². The van der Waals surface area contributed by atoms with Crippen molar-refractivity contribution in [3.8, 4) is 0 Å². The number of piperidine rings is 1. The van der Waals surface area contributed by atoms with Gasteiger partial charge in [0.2, 0.25) is 11.8 Å². The van der Waals surface area contributed by atoms with Crippen molar-refractivity contribution in [2.75, 3.05) is 44.7 Å². The predicted molar refractivity (Wildman–Crippen MR) is 98.7 cm³/mol. The van der Waals surface area contributed by atoms with Crippen molar-refractivity contribution < 1.29 is 9.59 Å². The highest BCUT2D eigenvalue weighted by molar-refractivity contribution is 7.13. The molecule has 25 heavy (non-hydrogen) atoms. The van der Waals surface area contributed by atoms with E-state index < -0.39 is 0 Å². The van der Waals surface area contributed by atoms with Crippen LogP contribution in [0.3, 0.4) is 0 Å². The van der Waals surface area contributed by atoms with E-state index in [1.807, 2.05) is 5.38 Å². The lowest BCUT2D eigenvalue weighted by Crippen LogP contribution is -2.47. The standard InChI is InChI=1S/C17H27N5O2S/c1-21(17-19-7-9-25-17)15(23)12-22-8-3-4-13(11-22)10-20-16(24)14-5-2-6-18-14/h7,9,13-14,18H,2-6,8,10-12H2,1H3,(H,20,24). The van der Waals surface area contributed by atoms with Crippen LogP contribution in [-0.2, 0) is 9.59 Å². The fourth-order valence-electron chi connectivity index (χ4n) is 3.52. The van der Waals surface area contributed by atoms with Crippen LogP contribution in [0.2, 0.25) is 0 Å². The van der Waals surface area contributed by atoms with Crippen LogP contribution >= 0.6 is 11.3 Å². The van der Waals surface area contributed by atoms with Gasteiger partial charge in [-0.25, -0.2) is 4.98 Å². The highest BCUT2D eigenvalue weighted by atomic mass is 32.1. The molecule has 2 atom stereocenters. The molecule has 2 amide bonds. The Kier molecular flexibility index (Phi) is 6.39. The molecule has 0 aliphatic carbocycles. The molecule has 2 N–H and O–H groups in total. The molecule has 7 nitrogen and oxygen atoms in total. The van der Waals surface area contributed by atoms with Gasteiger partial charge in [0, 0.05) is 31.7 Å². The number of likely N-dealkylation sites (tertiary alicyclic amines) is 1. The molecule has 8 heteroatoms. The summed E-state index contributed by atoms with van der Waals surface area (Å²) in [5, 5.41) is 8.91. The van der Waals surface area contributed by atoms with Crippen LogP contribution in [0.25, 0.3) is 0 Å². The molecule has 1 aromatic heterocycles. The van der Waals surface area contributed by atoms with Crippen LogP contribution < -0.4 is 15.5 Å². The number of hydrogen-bond donors (Lipinski definition) is 2. The third kappa shape index (κ3) is 4.99. The highest BCUT2D eigenvalue weighted by Crippen LogP contribution is 2.18. The minimum atomic E-state index is -0.0202. The summed E-state index contributed by atoms with van der Waals surface area (Å²) in [7, 11) is 1.78. The largest absolute Gasteiger partial charge is 0.354 e. The first kappa shape index (κ1) is 18.3. The number of anilines is 1. The number of rotatable bonds is 6. The fraction of sp³-hybridized carbons (Fsp3) is 0.706. The number of likely N-dealkylation sites (N-methyl/N-ethyl adjacent to an activating group) is 1. The van der Waals surface area contributed by atoms with Crippen molar-refractivity contribution in [2.24, 2.45) is 5.92 Å². The summed E-state index contributed by atoms with van der Waals surface area (Å²) in [6, 6.07) is -0.0202. The second-order valence-corrected chi connectivity index (χ2v) is 7.78. The van der Waals surface area contributed by atoms with Crippen LogP contribution in [0, 0.1) is 5.92 Å². The Morgan fingerprint density at radius 3 is 3.04 bits per heavy atom. The summed E-state index contributed by atoms with van der Waals surface area (Å²) < 4.78 is 0. The number of hydrogen-bond acceptors (Lipinski definition) is 6. The van der Waals surface area contributed by atoms with Crippen molar-refractivity contribution in [1.29, 1.82) is 0 Å². The summed E-state index contributed by atoms with van der Waals surface area (Å²) in [6.07, 6.45) is 5.88. The van der Waals surface area contributed by atoms with E-state index in [2.05, 4.69) is 20.5 Å². The van der Waals surface area contributed by atoms with Gasteiger partial charge in [0.1, 0.15) is 0 Å². The monoisotopic (exact) mass is 365 g/mol. The normalized spacial score (nSPS) is 24.2. The molecule has 3 rings (SSSR count). The maximum Gasteiger partial charge on any atom is 0.242 e. The Morgan fingerprint density at radius 1 is 1.44 bits per heavy atom. The van der Waals surface area contributed by atoms with Gasteiger partial charge in [-0.3, -0.25) is 19.4 Å². The highest BCUT2D eigenvalue weighted by Gasteiger charge is 2.26. The maximum atomic E-state index is 12.4. The minimum Gasteiger partial charge on any atom is -0.354 e.